The van der Waals surface area contributed by atoms with E-state index in [1.54, 1.807) is 4.90 Å². The van der Waals surface area contributed by atoms with Crippen LogP contribution < -0.4 is 0 Å². The van der Waals surface area contributed by atoms with Gasteiger partial charge in [0.1, 0.15) is 0 Å². The van der Waals surface area contributed by atoms with Gasteiger partial charge in [0.2, 0.25) is 5.91 Å². The van der Waals surface area contributed by atoms with Gasteiger partial charge in [-0.25, -0.2) is 0 Å². The van der Waals surface area contributed by atoms with Gasteiger partial charge in [0.15, 0.2) is 0 Å². The molecule has 1 aliphatic rings. The quantitative estimate of drug-likeness (QED) is 0.905. The SMILES string of the molecule is Cc1ccccc1CN(C)C(=O)CN1CCCC(C(C)O)C1. The van der Waals surface area contributed by atoms with Crippen LogP contribution in [0.15, 0.2) is 24.3 Å². The molecule has 22 heavy (non-hydrogen) atoms. The Kier molecular flexibility index (Phi) is 5.98. The average molecular weight is 304 g/mol. The van der Waals surface area contributed by atoms with Gasteiger partial charge in [-0.3, -0.25) is 9.69 Å². The minimum Gasteiger partial charge on any atom is -0.393 e. The first-order valence-corrected chi connectivity index (χ1v) is 8.16. The molecule has 122 valence electrons. The first kappa shape index (κ1) is 17.0. The number of amides is 1. The Labute approximate surface area is 133 Å². The number of hydrogen-bond acceptors (Lipinski definition) is 3. The van der Waals surface area contributed by atoms with Crippen LogP contribution in [-0.2, 0) is 11.3 Å². The molecule has 1 aromatic carbocycles. The van der Waals surface area contributed by atoms with Crippen LogP contribution in [0.25, 0.3) is 0 Å². The maximum atomic E-state index is 12.4. The number of rotatable bonds is 5. The minimum absolute atomic E-state index is 0.148. The zero-order valence-electron chi connectivity index (χ0n) is 14.0. The Bertz CT molecular complexity index is 502. The Morgan fingerprint density at radius 3 is 2.86 bits per heavy atom. The Balaban J connectivity index is 1.87. The molecular weight excluding hydrogens is 276 g/mol. The van der Waals surface area contributed by atoms with Crippen LogP contribution in [0.5, 0.6) is 0 Å². The maximum absolute atomic E-state index is 12.4. The maximum Gasteiger partial charge on any atom is 0.236 e. The van der Waals surface area contributed by atoms with E-state index in [4.69, 9.17) is 0 Å². The third kappa shape index (κ3) is 4.55. The molecule has 4 nitrogen and oxygen atoms in total. The molecular formula is C18H28N2O2. The molecule has 1 saturated heterocycles. The van der Waals surface area contributed by atoms with Crippen LogP contribution in [0.4, 0.5) is 0 Å². The summed E-state index contributed by atoms with van der Waals surface area (Å²) in [7, 11) is 1.87. The van der Waals surface area contributed by atoms with Crippen molar-refractivity contribution in [2.24, 2.45) is 5.92 Å². The van der Waals surface area contributed by atoms with Crippen LogP contribution in [0.2, 0.25) is 0 Å². The van der Waals surface area contributed by atoms with Gasteiger partial charge in [0.25, 0.3) is 0 Å². The molecule has 1 aromatic rings. The molecule has 2 unspecified atom stereocenters. The van der Waals surface area contributed by atoms with Crippen molar-refractivity contribution in [1.29, 1.82) is 0 Å². The summed E-state index contributed by atoms with van der Waals surface area (Å²) in [5.41, 5.74) is 2.41. The van der Waals surface area contributed by atoms with Crippen LogP contribution >= 0.6 is 0 Å². The third-order valence-corrected chi connectivity index (χ3v) is 4.68. The predicted octanol–water partition coefficient (Wildman–Crippen LogP) is 2.05. The smallest absolute Gasteiger partial charge is 0.236 e. The number of aliphatic hydroxyl groups is 1. The summed E-state index contributed by atoms with van der Waals surface area (Å²) in [6, 6.07) is 8.18. The second-order valence-electron chi connectivity index (χ2n) is 6.55. The predicted molar refractivity (Wildman–Crippen MR) is 88.5 cm³/mol. The summed E-state index contributed by atoms with van der Waals surface area (Å²) in [6.45, 7) is 6.80. The van der Waals surface area contributed by atoms with E-state index >= 15 is 0 Å². The summed E-state index contributed by atoms with van der Waals surface area (Å²) in [5, 5.41) is 9.74. The normalized spacial score (nSPS) is 20.6. The van der Waals surface area contributed by atoms with E-state index in [-0.39, 0.29) is 12.0 Å². The number of nitrogens with zero attached hydrogens (tertiary/aromatic N) is 2. The summed E-state index contributed by atoms with van der Waals surface area (Å²) < 4.78 is 0. The van der Waals surface area contributed by atoms with Gasteiger partial charge in [-0.15, -0.1) is 0 Å². The van der Waals surface area contributed by atoms with Gasteiger partial charge in [-0.05, 0) is 50.3 Å². The highest BCUT2D eigenvalue weighted by atomic mass is 16.3. The number of likely N-dealkylation sites (tertiary alicyclic amines) is 1. The molecule has 0 aliphatic carbocycles. The van der Waals surface area contributed by atoms with Crippen molar-refractivity contribution in [2.75, 3.05) is 26.7 Å². The van der Waals surface area contributed by atoms with Gasteiger partial charge in [0, 0.05) is 20.1 Å². The molecule has 1 aliphatic heterocycles. The molecule has 1 fully saturated rings. The van der Waals surface area contributed by atoms with Crippen LogP contribution in [-0.4, -0.2) is 53.6 Å². The lowest BCUT2D eigenvalue weighted by Gasteiger charge is -2.34. The van der Waals surface area contributed by atoms with E-state index in [1.165, 1.54) is 11.1 Å². The largest absolute Gasteiger partial charge is 0.393 e. The summed E-state index contributed by atoms with van der Waals surface area (Å²) in [6.07, 6.45) is 1.83. The lowest BCUT2D eigenvalue weighted by atomic mass is 9.93. The number of hydrogen-bond donors (Lipinski definition) is 1. The molecule has 4 heteroatoms. The van der Waals surface area contributed by atoms with Crippen molar-refractivity contribution in [3.05, 3.63) is 35.4 Å². The monoisotopic (exact) mass is 304 g/mol. The molecule has 2 atom stereocenters. The second kappa shape index (κ2) is 7.75. The van der Waals surface area contributed by atoms with Crippen molar-refractivity contribution >= 4 is 5.91 Å². The van der Waals surface area contributed by atoms with Gasteiger partial charge in [-0.1, -0.05) is 24.3 Å². The van der Waals surface area contributed by atoms with Crippen molar-refractivity contribution in [1.82, 2.24) is 9.80 Å². The summed E-state index contributed by atoms with van der Waals surface area (Å²) >= 11 is 0. The lowest BCUT2D eigenvalue weighted by molar-refractivity contribution is -0.132. The lowest BCUT2D eigenvalue weighted by Crippen LogP contribution is -2.45. The van der Waals surface area contributed by atoms with Gasteiger partial charge in [-0.2, -0.15) is 0 Å². The number of carbonyl (C=O) groups excluding carboxylic acids is 1. The molecule has 0 radical (unpaired) electrons. The first-order chi connectivity index (χ1) is 10.5. The Morgan fingerprint density at radius 1 is 1.45 bits per heavy atom. The number of aryl methyl sites for hydroxylation is 1. The van der Waals surface area contributed by atoms with Crippen molar-refractivity contribution in [2.45, 2.75) is 39.3 Å². The van der Waals surface area contributed by atoms with E-state index in [0.717, 1.165) is 25.9 Å². The van der Waals surface area contributed by atoms with Crippen LogP contribution in [0.1, 0.15) is 30.9 Å². The van der Waals surface area contributed by atoms with Crippen LogP contribution in [0.3, 0.4) is 0 Å². The van der Waals surface area contributed by atoms with Gasteiger partial charge < -0.3 is 10.0 Å². The number of likely N-dealkylation sites (N-methyl/N-ethyl adjacent to an activating group) is 1. The molecule has 1 heterocycles. The highest BCUT2D eigenvalue weighted by Gasteiger charge is 2.25. The van der Waals surface area contributed by atoms with Crippen molar-refractivity contribution in [3.63, 3.8) is 0 Å². The van der Waals surface area contributed by atoms with Gasteiger partial charge in [0.05, 0.1) is 12.6 Å². The molecule has 0 aromatic heterocycles. The van der Waals surface area contributed by atoms with Crippen molar-refractivity contribution in [3.8, 4) is 0 Å². The van der Waals surface area contributed by atoms with E-state index in [1.807, 2.05) is 26.1 Å². The molecule has 0 spiro atoms. The highest BCUT2D eigenvalue weighted by molar-refractivity contribution is 5.78. The highest BCUT2D eigenvalue weighted by Crippen LogP contribution is 2.19. The fourth-order valence-corrected chi connectivity index (χ4v) is 3.07. The van der Waals surface area contributed by atoms with E-state index in [9.17, 15) is 9.90 Å². The van der Waals surface area contributed by atoms with E-state index < -0.39 is 0 Å². The number of carbonyl (C=O) groups is 1. The fourth-order valence-electron chi connectivity index (χ4n) is 3.07. The minimum atomic E-state index is -0.289. The molecule has 1 N–H and O–H groups in total. The topological polar surface area (TPSA) is 43.8 Å². The molecule has 1 amide bonds. The molecule has 2 rings (SSSR count). The second-order valence-corrected chi connectivity index (χ2v) is 6.55. The number of aliphatic hydroxyl groups excluding tert-OH is 1. The standard InChI is InChI=1S/C18H28N2O2/c1-14-7-4-5-8-16(14)11-19(3)18(22)13-20-10-6-9-17(12-20)15(2)21/h4-5,7-8,15,17,21H,6,9-13H2,1-3H3. The van der Waals surface area contributed by atoms with Crippen LogP contribution in [0, 0.1) is 12.8 Å². The Hall–Kier alpha value is -1.39. The van der Waals surface area contributed by atoms with E-state index in [2.05, 4.69) is 24.0 Å². The molecule has 0 bridgehead atoms. The number of piperidine rings is 1. The summed E-state index contributed by atoms with van der Waals surface area (Å²) in [5.74, 6) is 0.442. The average Bonchev–Trinajstić information content (AvgIpc) is 2.49. The summed E-state index contributed by atoms with van der Waals surface area (Å²) in [4.78, 5) is 16.4. The third-order valence-electron chi connectivity index (χ3n) is 4.68. The zero-order valence-corrected chi connectivity index (χ0v) is 14.0. The Morgan fingerprint density at radius 2 is 2.18 bits per heavy atom. The fraction of sp³-hybridized carbons (Fsp3) is 0.611. The first-order valence-electron chi connectivity index (χ1n) is 8.16. The molecule has 0 saturated carbocycles. The van der Waals surface area contributed by atoms with Gasteiger partial charge >= 0.3 is 0 Å². The zero-order chi connectivity index (χ0) is 16.1. The van der Waals surface area contributed by atoms with E-state index in [0.29, 0.717) is 19.0 Å². The number of benzene rings is 1. The van der Waals surface area contributed by atoms with Crippen molar-refractivity contribution < 1.29 is 9.90 Å².